The number of rotatable bonds is 2. The van der Waals surface area contributed by atoms with E-state index in [4.69, 9.17) is 5.26 Å². The van der Waals surface area contributed by atoms with Crippen molar-refractivity contribution < 1.29 is 19.0 Å². The number of halogens is 1. The molecule has 4 nitrogen and oxygen atoms in total. The molecule has 0 saturated heterocycles. The van der Waals surface area contributed by atoms with Crippen LogP contribution in [-0.2, 0) is 4.74 Å². The summed E-state index contributed by atoms with van der Waals surface area (Å²) >= 11 is 0. The first-order valence-corrected chi connectivity index (χ1v) is 4.20. The molecule has 0 amide bonds. The van der Waals surface area contributed by atoms with Crippen molar-refractivity contribution in [3.63, 3.8) is 0 Å². The standard InChI is InChI=1S/C10H8FNO3/c1-2-15-10(14)8-6(5-12)3-4-7(11)9(8)13/h3-4,13H,2H2,1H3. The molecular formula is C10H8FNO3. The molecule has 5 heteroatoms. The summed E-state index contributed by atoms with van der Waals surface area (Å²) < 4.78 is 17.5. The molecule has 0 bridgehead atoms. The van der Waals surface area contributed by atoms with E-state index in [1.807, 2.05) is 0 Å². The molecule has 1 rings (SSSR count). The summed E-state index contributed by atoms with van der Waals surface area (Å²) in [5, 5.41) is 17.9. The first kappa shape index (κ1) is 11.0. The predicted molar refractivity (Wildman–Crippen MR) is 48.7 cm³/mol. The Kier molecular flexibility index (Phi) is 3.24. The van der Waals surface area contributed by atoms with E-state index in [0.29, 0.717) is 0 Å². The largest absolute Gasteiger partial charge is 0.504 e. The van der Waals surface area contributed by atoms with E-state index in [0.717, 1.165) is 12.1 Å². The molecule has 0 radical (unpaired) electrons. The second-order valence-corrected chi connectivity index (χ2v) is 2.65. The summed E-state index contributed by atoms with van der Waals surface area (Å²) in [5.74, 6) is -2.73. The third-order valence-electron chi connectivity index (χ3n) is 1.73. The highest BCUT2D eigenvalue weighted by molar-refractivity contribution is 5.95. The van der Waals surface area contributed by atoms with Crippen molar-refractivity contribution in [1.29, 1.82) is 5.26 Å². The Bertz CT molecular complexity index is 437. The van der Waals surface area contributed by atoms with Gasteiger partial charge in [0.2, 0.25) is 0 Å². The Labute approximate surface area is 85.5 Å². The summed E-state index contributed by atoms with van der Waals surface area (Å²) in [4.78, 5) is 11.3. The van der Waals surface area contributed by atoms with Crippen LogP contribution in [0.3, 0.4) is 0 Å². The van der Waals surface area contributed by atoms with E-state index in [-0.39, 0.29) is 12.2 Å². The first-order chi connectivity index (χ1) is 7.11. The number of benzene rings is 1. The van der Waals surface area contributed by atoms with Crippen molar-refractivity contribution in [2.45, 2.75) is 6.92 Å². The minimum Gasteiger partial charge on any atom is -0.504 e. The normalized spacial score (nSPS) is 9.40. The Balaban J connectivity index is 3.31. The molecule has 0 aliphatic carbocycles. The van der Waals surface area contributed by atoms with Gasteiger partial charge in [-0.2, -0.15) is 5.26 Å². The van der Waals surface area contributed by atoms with E-state index in [2.05, 4.69) is 4.74 Å². The fourth-order valence-corrected chi connectivity index (χ4v) is 1.07. The molecule has 0 aliphatic rings. The highest BCUT2D eigenvalue weighted by atomic mass is 19.1. The summed E-state index contributed by atoms with van der Waals surface area (Å²) in [5.41, 5.74) is -0.549. The van der Waals surface area contributed by atoms with Gasteiger partial charge in [-0.25, -0.2) is 9.18 Å². The van der Waals surface area contributed by atoms with Gasteiger partial charge in [0.25, 0.3) is 0 Å². The smallest absolute Gasteiger partial charge is 0.343 e. The fourth-order valence-electron chi connectivity index (χ4n) is 1.07. The van der Waals surface area contributed by atoms with E-state index < -0.39 is 23.1 Å². The van der Waals surface area contributed by atoms with Crippen LogP contribution in [0.4, 0.5) is 4.39 Å². The number of ether oxygens (including phenoxy) is 1. The van der Waals surface area contributed by atoms with Gasteiger partial charge in [0.1, 0.15) is 11.6 Å². The Hall–Kier alpha value is -2.09. The van der Waals surface area contributed by atoms with Crippen LogP contribution in [0.15, 0.2) is 12.1 Å². The van der Waals surface area contributed by atoms with E-state index in [1.165, 1.54) is 0 Å². The van der Waals surface area contributed by atoms with Gasteiger partial charge in [-0.05, 0) is 19.1 Å². The van der Waals surface area contributed by atoms with Crippen LogP contribution in [0.1, 0.15) is 22.8 Å². The number of nitriles is 1. The molecule has 15 heavy (non-hydrogen) atoms. The molecule has 0 aliphatic heterocycles. The molecule has 0 aromatic heterocycles. The number of nitrogens with zero attached hydrogens (tertiary/aromatic N) is 1. The highest BCUT2D eigenvalue weighted by Crippen LogP contribution is 2.25. The fraction of sp³-hybridized carbons (Fsp3) is 0.200. The monoisotopic (exact) mass is 209 g/mol. The number of hydrogen-bond acceptors (Lipinski definition) is 4. The van der Waals surface area contributed by atoms with Crippen LogP contribution in [0, 0.1) is 17.1 Å². The second-order valence-electron chi connectivity index (χ2n) is 2.65. The molecule has 0 fully saturated rings. The molecule has 0 atom stereocenters. The molecule has 0 unspecified atom stereocenters. The maximum atomic E-state index is 12.9. The molecule has 0 saturated carbocycles. The molecule has 0 spiro atoms. The number of hydrogen-bond donors (Lipinski definition) is 1. The quantitative estimate of drug-likeness (QED) is 0.750. The first-order valence-electron chi connectivity index (χ1n) is 4.20. The zero-order valence-corrected chi connectivity index (χ0v) is 7.95. The molecular weight excluding hydrogens is 201 g/mol. The van der Waals surface area contributed by atoms with Gasteiger partial charge < -0.3 is 9.84 Å². The number of phenolic OH excluding ortho intramolecular Hbond substituents is 1. The molecule has 1 aromatic carbocycles. The van der Waals surface area contributed by atoms with Crippen LogP contribution >= 0.6 is 0 Å². The van der Waals surface area contributed by atoms with Gasteiger partial charge in [0.05, 0.1) is 12.2 Å². The second kappa shape index (κ2) is 4.42. The van der Waals surface area contributed by atoms with Crippen molar-refractivity contribution in [3.05, 3.63) is 29.1 Å². The number of aromatic hydroxyl groups is 1. The van der Waals surface area contributed by atoms with Crippen molar-refractivity contribution in [3.8, 4) is 11.8 Å². The zero-order valence-electron chi connectivity index (χ0n) is 7.95. The zero-order chi connectivity index (χ0) is 11.4. The molecule has 1 aromatic rings. The van der Waals surface area contributed by atoms with Crippen LogP contribution < -0.4 is 0 Å². The Morgan fingerprint density at radius 3 is 2.87 bits per heavy atom. The molecule has 1 N–H and O–H groups in total. The van der Waals surface area contributed by atoms with E-state index >= 15 is 0 Å². The lowest BCUT2D eigenvalue weighted by atomic mass is 10.1. The highest BCUT2D eigenvalue weighted by Gasteiger charge is 2.20. The van der Waals surface area contributed by atoms with Gasteiger partial charge in [-0.3, -0.25) is 0 Å². The summed E-state index contributed by atoms with van der Waals surface area (Å²) in [6.07, 6.45) is 0. The number of esters is 1. The van der Waals surface area contributed by atoms with Crippen molar-refractivity contribution >= 4 is 5.97 Å². The molecule has 0 heterocycles. The van der Waals surface area contributed by atoms with Crippen molar-refractivity contribution in [2.75, 3.05) is 6.61 Å². The summed E-state index contributed by atoms with van der Waals surface area (Å²) in [6.45, 7) is 1.65. The Morgan fingerprint density at radius 2 is 2.33 bits per heavy atom. The average Bonchev–Trinajstić information content (AvgIpc) is 2.22. The maximum absolute atomic E-state index is 12.9. The van der Waals surface area contributed by atoms with Crippen molar-refractivity contribution in [1.82, 2.24) is 0 Å². The van der Waals surface area contributed by atoms with Gasteiger partial charge in [-0.1, -0.05) is 0 Å². The Morgan fingerprint density at radius 1 is 1.67 bits per heavy atom. The lowest BCUT2D eigenvalue weighted by Gasteiger charge is -2.06. The van der Waals surface area contributed by atoms with Crippen LogP contribution in [-0.4, -0.2) is 17.7 Å². The number of phenols is 1. The topological polar surface area (TPSA) is 70.3 Å². The van der Waals surface area contributed by atoms with Crippen LogP contribution in [0.5, 0.6) is 5.75 Å². The van der Waals surface area contributed by atoms with Crippen LogP contribution in [0.25, 0.3) is 0 Å². The predicted octanol–water partition coefficient (Wildman–Crippen LogP) is 1.58. The van der Waals surface area contributed by atoms with Crippen molar-refractivity contribution in [2.24, 2.45) is 0 Å². The van der Waals surface area contributed by atoms with Gasteiger partial charge in [-0.15, -0.1) is 0 Å². The summed E-state index contributed by atoms with van der Waals surface area (Å²) in [6, 6.07) is 3.70. The third kappa shape index (κ3) is 2.05. The lowest BCUT2D eigenvalue weighted by molar-refractivity contribution is 0.0521. The summed E-state index contributed by atoms with van der Waals surface area (Å²) in [7, 11) is 0. The van der Waals surface area contributed by atoms with E-state index in [9.17, 15) is 14.3 Å². The third-order valence-corrected chi connectivity index (χ3v) is 1.73. The minimum absolute atomic E-state index is 0.0830. The maximum Gasteiger partial charge on any atom is 0.343 e. The number of carbonyl (C=O) groups is 1. The minimum atomic E-state index is -0.961. The van der Waals surface area contributed by atoms with Gasteiger partial charge in [0, 0.05) is 0 Å². The van der Waals surface area contributed by atoms with Gasteiger partial charge >= 0.3 is 5.97 Å². The molecule has 78 valence electrons. The van der Waals surface area contributed by atoms with E-state index in [1.54, 1.807) is 13.0 Å². The lowest BCUT2D eigenvalue weighted by Crippen LogP contribution is -2.08. The average molecular weight is 209 g/mol. The van der Waals surface area contributed by atoms with Crippen LogP contribution in [0.2, 0.25) is 0 Å². The SMILES string of the molecule is CCOC(=O)c1c(C#N)ccc(F)c1O. The number of carbonyl (C=O) groups excluding carboxylic acids is 1. The van der Waals surface area contributed by atoms with Gasteiger partial charge in [0.15, 0.2) is 11.6 Å².